The van der Waals surface area contributed by atoms with E-state index < -0.39 is 5.82 Å². The molecule has 0 spiro atoms. The monoisotopic (exact) mass is 403 g/mol. The molecule has 0 radical (unpaired) electrons. The van der Waals surface area contributed by atoms with E-state index in [4.69, 9.17) is 4.74 Å². The van der Waals surface area contributed by atoms with Crippen molar-refractivity contribution >= 4 is 11.8 Å². The molecule has 1 aliphatic heterocycles. The van der Waals surface area contributed by atoms with Gasteiger partial charge in [-0.2, -0.15) is 0 Å². The van der Waals surface area contributed by atoms with E-state index in [2.05, 4.69) is 20.2 Å². The molecule has 1 unspecified atom stereocenters. The molecule has 4 rings (SSSR count). The minimum Gasteiger partial charge on any atom is -0.376 e. The van der Waals surface area contributed by atoms with Crippen molar-refractivity contribution in [3.63, 3.8) is 0 Å². The Hall–Kier alpha value is -2.39. The van der Waals surface area contributed by atoms with Gasteiger partial charge in [-0.3, -0.25) is 4.57 Å². The van der Waals surface area contributed by atoms with Crippen LogP contribution in [0.5, 0.6) is 0 Å². The third kappa shape index (κ3) is 3.90. The summed E-state index contributed by atoms with van der Waals surface area (Å²) in [6.07, 6.45) is 3.81. The van der Waals surface area contributed by atoms with Crippen LogP contribution >= 0.6 is 11.8 Å². The van der Waals surface area contributed by atoms with Gasteiger partial charge in [-0.25, -0.2) is 18.7 Å². The molecule has 9 heteroatoms. The second-order valence-corrected chi connectivity index (χ2v) is 7.41. The highest BCUT2D eigenvalue weighted by Gasteiger charge is 2.23. The summed E-state index contributed by atoms with van der Waals surface area (Å²) in [5.74, 6) is -0.174. The molecule has 6 nitrogen and oxygen atoms in total. The van der Waals surface area contributed by atoms with Gasteiger partial charge in [0.1, 0.15) is 17.2 Å². The highest BCUT2D eigenvalue weighted by Crippen LogP contribution is 2.31. The third-order valence-electron chi connectivity index (χ3n) is 4.58. The number of hydrogen-bond acceptors (Lipinski definition) is 6. The van der Waals surface area contributed by atoms with Crippen LogP contribution in [0.2, 0.25) is 0 Å². The van der Waals surface area contributed by atoms with Gasteiger partial charge in [0, 0.05) is 12.2 Å². The summed E-state index contributed by atoms with van der Waals surface area (Å²) in [6, 6.07) is 6.07. The lowest BCUT2D eigenvalue weighted by molar-refractivity contribution is 0.0953. The Morgan fingerprint density at radius 3 is 2.71 bits per heavy atom. The molecule has 1 atom stereocenters. The van der Waals surface area contributed by atoms with E-state index in [1.54, 1.807) is 12.1 Å². The fourth-order valence-electron chi connectivity index (χ4n) is 3.13. The van der Waals surface area contributed by atoms with Gasteiger partial charge in [-0.1, -0.05) is 6.92 Å². The van der Waals surface area contributed by atoms with Crippen LogP contribution in [0.25, 0.3) is 11.4 Å². The van der Waals surface area contributed by atoms with E-state index >= 15 is 0 Å². The predicted molar refractivity (Wildman–Crippen MR) is 99.9 cm³/mol. The fraction of sp³-hybridized carbons (Fsp3) is 0.368. The molecule has 0 N–H and O–H groups in total. The van der Waals surface area contributed by atoms with E-state index in [1.165, 1.54) is 18.5 Å². The number of aryl methyl sites for hydroxylation is 1. The molecule has 0 bridgehead atoms. The van der Waals surface area contributed by atoms with Crippen LogP contribution < -0.4 is 0 Å². The standard InChI is InChI=1S/C19H19F2N5OS/c1-2-15-16(21)18(23-11-22-15)28-19-25-24-17(12-5-7-13(20)8-6-12)26(19)10-14-4-3-9-27-14/h5-8,11,14H,2-4,9-10H2,1H3. The van der Waals surface area contributed by atoms with Gasteiger partial charge in [0.15, 0.2) is 16.8 Å². The first-order valence-corrected chi connectivity index (χ1v) is 9.95. The minimum absolute atomic E-state index is 0.0380. The zero-order valence-electron chi connectivity index (χ0n) is 15.3. The highest BCUT2D eigenvalue weighted by molar-refractivity contribution is 7.99. The maximum Gasteiger partial charge on any atom is 0.197 e. The summed E-state index contributed by atoms with van der Waals surface area (Å²) < 4.78 is 35.6. The van der Waals surface area contributed by atoms with Gasteiger partial charge >= 0.3 is 0 Å². The highest BCUT2D eigenvalue weighted by atomic mass is 32.2. The van der Waals surface area contributed by atoms with Gasteiger partial charge < -0.3 is 4.74 Å². The predicted octanol–water partition coefficient (Wildman–Crippen LogP) is 3.91. The van der Waals surface area contributed by atoms with Crippen LogP contribution in [-0.4, -0.2) is 37.4 Å². The lowest BCUT2D eigenvalue weighted by Crippen LogP contribution is -2.16. The van der Waals surface area contributed by atoms with Crippen molar-refractivity contribution in [2.75, 3.05) is 6.61 Å². The Bertz CT molecular complexity index is 957. The molecule has 3 aromatic rings. The van der Waals surface area contributed by atoms with Crippen molar-refractivity contribution in [2.45, 2.75) is 49.0 Å². The van der Waals surface area contributed by atoms with Gasteiger partial charge in [0.05, 0.1) is 18.3 Å². The SMILES string of the molecule is CCc1ncnc(Sc2nnc(-c3ccc(F)cc3)n2CC2CCCO2)c1F. The first-order chi connectivity index (χ1) is 13.7. The molecule has 3 heterocycles. The van der Waals surface area contributed by atoms with Crippen molar-refractivity contribution in [1.82, 2.24) is 24.7 Å². The van der Waals surface area contributed by atoms with E-state index in [-0.39, 0.29) is 16.9 Å². The molecule has 0 amide bonds. The molecule has 1 fully saturated rings. The van der Waals surface area contributed by atoms with Crippen molar-refractivity contribution in [3.8, 4) is 11.4 Å². The Balaban J connectivity index is 1.71. The second-order valence-electron chi connectivity index (χ2n) is 6.45. The maximum absolute atomic E-state index is 14.6. The number of ether oxygens (including phenoxy) is 1. The number of nitrogens with zero attached hydrogens (tertiary/aromatic N) is 5. The molecule has 146 valence electrons. The van der Waals surface area contributed by atoms with E-state index in [1.807, 2.05) is 11.5 Å². The third-order valence-corrected chi connectivity index (χ3v) is 5.54. The molecular formula is C19H19F2N5OS. The average molecular weight is 403 g/mol. The minimum atomic E-state index is -0.440. The first kappa shape index (κ1) is 18.9. The summed E-state index contributed by atoms with van der Waals surface area (Å²) >= 11 is 1.11. The molecule has 1 aliphatic rings. The number of benzene rings is 1. The van der Waals surface area contributed by atoms with Crippen LogP contribution in [-0.2, 0) is 17.7 Å². The molecule has 28 heavy (non-hydrogen) atoms. The van der Waals surface area contributed by atoms with Crippen LogP contribution in [0.15, 0.2) is 40.8 Å². The Labute approximate surface area is 165 Å². The smallest absolute Gasteiger partial charge is 0.197 e. The normalized spacial score (nSPS) is 16.6. The molecule has 0 aliphatic carbocycles. The molecular weight excluding hydrogens is 384 g/mol. The number of halogens is 2. The van der Waals surface area contributed by atoms with Gasteiger partial charge in [-0.05, 0) is 55.3 Å². The average Bonchev–Trinajstić information content (AvgIpc) is 3.35. The molecule has 0 saturated carbocycles. The Morgan fingerprint density at radius 2 is 2.00 bits per heavy atom. The molecule has 2 aromatic heterocycles. The van der Waals surface area contributed by atoms with Crippen molar-refractivity contribution < 1.29 is 13.5 Å². The summed E-state index contributed by atoms with van der Waals surface area (Å²) in [4.78, 5) is 8.03. The quantitative estimate of drug-likeness (QED) is 0.582. The number of rotatable bonds is 6. The van der Waals surface area contributed by atoms with E-state index in [9.17, 15) is 8.78 Å². The summed E-state index contributed by atoms with van der Waals surface area (Å²) in [7, 11) is 0. The van der Waals surface area contributed by atoms with Crippen LogP contribution in [0, 0.1) is 11.6 Å². The lowest BCUT2D eigenvalue weighted by Gasteiger charge is -2.14. The van der Waals surface area contributed by atoms with Gasteiger partial charge in [0.2, 0.25) is 0 Å². The molecule has 1 aromatic carbocycles. The number of aromatic nitrogens is 5. The summed E-state index contributed by atoms with van der Waals surface area (Å²) in [5.41, 5.74) is 1.10. The van der Waals surface area contributed by atoms with Crippen molar-refractivity contribution in [3.05, 3.63) is 47.9 Å². The Morgan fingerprint density at radius 1 is 1.18 bits per heavy atom. The zero-order valence-corrected chi connectivity index (χ0v) is 16.1. The molecule has 1 saturated heterocycles. The zero-order chi connectivity index (χ0) is 19.5. The maximum atomic E-state index is 14.6. The van der Waals surface area contributed by atoms with Crippen LogP contribution in [0.4, 0.5) is 8.78 Å². The van der Waals surface area contributed by atoms with Gasteiger partial charge in [-0.15, -0.1) is 10.2 Å². The summed E-state index contributed by atoms with van der Waals surface area (Å²) in [5, 5.41) is 9.24. The summed E-state index contributed by atoms with van der Waals surface area (Å²) in [6.45, 7) is 3.10. The topological polar surface area (TPSA) is 65.7 Å². The lowest BCUT2D eigenvalue weighted by atomic mass is 10.2. The van der Waals surface area contributed by atoms with Crippen molar-refractivity contribution in [1.29, 1.82) is 0 Å². The number of hydrogen-bond donors (Lipinski definition) is 0. The first-order valence-electron chi connectivity index (χ1n) is 9.13. The second kappa shape index (κ2) is 8.32. The fourth-order valence-corrected chi connectivity index (χ4v) is 3.96. The van der Waals surface area contributed by atoms with Crippen LogP contribution in [0.1, 0.15) is 25.5 Å². The van der Waals surface area contributed by atoms with Crippen LogP contribution in [0.3, 0.4) is 0 Å². The van der Waals surface area contributed by atoms with Gasteiger partial charge in [0.25, 0.3) is 0 Å². The Kier molecular flexibility index (Phi) is 5.63. The van der Waals surface area contributed by atoms with Crippen molar-refractivity contribution in [2.24, 2.45) is 0 Å². The largest absolute Gasteiger partial charge is 0.376 e. The van der Waals surface area contributed by atoms with E-state index in [0.29, 0.717) is 29.6 Å². The van der Waals surface area contributed by atoms with E-state index in [0.717, 1.165) is 36.8 Å².